The van der Waals surface area contributed by atoms with Crippen molar-refractivity contribution in [3.05, 3.63) is 89.5 Å². The van der Waals surface area contributed by atoms with Crippen molar-refractivity contribution in [2.45, 2.75) is 13.8 Å². The zero-order valence-electron chi connectivity index (χ0n) is 18.8. The molecule has 10 nitrogen and oxygen atoms in total. The topological polar surface area (TPSA) is 107 Å². The molecule has 0 aliphatic heterocycles. The van der Waals surface area contributed by atoms with Crippen molar-refractivity contribution >= 4 is 11.7 Å². The molecular formula is C24H23N7O3. The monoisotopic (exact) mass is 457 g/mol. The van der Waals surface area contributed by atoms with Gasteiger partial charge in [0.05, 0.1) is 23.3 Å². The number of oxazole rings is 1. The summed E-state index contributed by atoms with van der Waals surface area (Å²) in [6, 6.07) is 15.8. The summed E-state index contributed by atoms with van der Waals surface area (Å²) in [5.74, 6) is 0.531. The van der Waals surface area contributed by atoms with Gasteiger partial charge in [0.25, 0.3) is 0 Å². The van der Waals surface area contributed by atoms with Crippen LogP contribution < -0.4 is 10.6 Å². The van der Waals surface area contributed by atoms with Gasteiger partial charge in [-0.15, -0.1) is 0 Å². The predicted molar refractivity (Wildman–Crippen MR) is 127 cm³/mol. The SMILES string of the molecule is CCOCN(c1ncc(-c2cc(-n3cccn3)cc(-n3nc[nH]c3=O)c2)o1)c1ccccc1C. The van der Waals surface area contributed by atoms with E-state index in [9.17, 15) is 4.79 Å². The van der Waals surface area contributed by atoms with Gasteiger partial charge < -0.3 is 9.15 Å². The van der Waals surface area contributed by atoms with Crippen molar-refractivity contribution in [2.75, 3.05) is 18.2 Å². The third kappa shape index (κ3) is 4.14. The van der Waals surface area contributed by atoms with E-state index in [4.69, 9.17) is 9.15 Å². The largest absolute Gasteiger partial charge is 0.423 e. The molecule has 2 aromatic carbocycles. The fraction of sp³-hybridized carbons (Fsp3) is 0.167. The van der Waals surface area contributed by atoms with E-state index in [0.717, 1.165) is 22.5 Å². The number of nitrogens with one attached hydrogen (secondary N) is 1. The van der Waals surface area contributed by atoms with Gasteiger partial charge in [-0.25, -0.2) is 14.5 Å². The van der Waals surface area contributed by atoms with Gasteiger partial charge >= 0.3 is 11.7 Å². The summed E-state index contributed by atoms with van der Waals surface area (Å²) in [6.07, 6.45) is 6.52. The number of anilines is 2. The van der Waals surface area contributed by atoms with Crippen LogP contribution in [0.15, 0.2) is 82.7 Å². The van der Waals surface area contributed by atoms with Crippen molar-refractivity contribution in [3.63, 3.8) is 0 Å². The van der Waals surface area contributed by atoms with Crippen LogP contribution in [0.1, 0.15) is 12.5 Å². The zero-order chi connectivity index (χ0) is 23.5. The Morgan fingerprint density at radius 1 is 1.12 bits per heavy atom. The molecule has 0 aliphatic rings. The van der Waals surface area contributed by atoms with Gasteiger partial charge in [-0.1, -0.05) is 18.2 Å². The summed E-state index contributed by atoms with van der Waals surface area (Å²) in [6.45, 7) is 4.82. The number of aromatic amines is 1. The van der Waals surface area contributed by atoms with Gasteiger partial charge in [0.2, 0.25) is 0 Å². The van der Waals surface area contributed by atoms with Crippen molar-refractivity contribution in [1.29, 1.82) is 0 Å². The summed E-state index contributed by atoms with van der Waals surface area (Å²) in [5, 5.41) is 8.42. The Morgan fingerprint density at radius 2 is 1.97 bits per heavy atom. The minimum Gasteiger partial charge on any atom is -0.423 e. The lowest BCUT2D eigenvalue weighted by atomic mass is 10.1. The standard InChI is InChI=1S/C24H23N7O3/c1-3-33-16-29(21-8-5-4-7-17(21)2)24-25-14-22(34-24)18-11-19(30-10-6-9-27-30)13-20(12-18)31-23(32)26-15-28-31/h4-15H,3,16H2,1-2H3,(H,26,28,32). The van der Waals surface area contributed by atoms with Crippen LogP contribution >= 0.6 is 0 Å². The second-order valence-electron chi connectivity index (χ2n) is 7.54. The van der Waals surface area contributed by atoms with Crippen LogP contribution in [0.4, 0.5) is 11.7 Å². The van der Waals surface area contributed by atoms with Crippen molar-refractivity contribution in [3.8, 4) is 22.7 Å². The fourth-order valence-corrected chi connectivity index (χ4v) is 3.65. The molecule has 0 unspecified atom stereocenters. The third-order valence-corrected chi connectivity index (χ3v) is 5.31. The number of hydrogen-bond acceptors (Lipinski definition) is 7. The average molecular weight is 457 g/mol. The van der Waals surface area contributed by atoms with Crippen LogP contribution in [-0.4, -0.2) is 42.9 Å². The Balaban J connectivity index is 1.59. The molecule has 0 aliphatic carbocycles. The summed E-state index contributed by atoms with van der Waals surface area (Å²) >= 11 is 0. The number of ether oxygens (including phenoxy) is 1. The lowest BCUT2D eigenvalue weighted by Crippen LogP contribution is -2.21. The molecule has 0 fully saturated rings. The Kier molecular flexibility index (Phi) is 5.79. The molecule has 34 heavy (non-hydrogen) atoms. The maximum absolute atomic E-state index is 12.2. The lowest BCUT2D eigenvalue weighted by Gasteiger charge is -2.22. The Morgan fingerprint density at radius 3 is 2.71 bits per heavy atom. The first-order valence-electron chi connectivity index (χ1n) is 10.8. The van der Waals surface area contributed by atoms with Gasteiger partial charge in [0.1, 0.15) is 13.1 Å². The number of hydrogen-bond donors (Lipinski definition) is 1. The second-order valence-corrected chi connectivity index (χ2v) is 7.54. The highest BCUT2D eigenvalue weighted by Crippen LogP contribution is 2.32. The number of benzene rings is 2. The number of H-pyrrole nitrogens is 1. The van der Waals surface area contributed by atoms with Crippen molar-refractivity contribution < 1.29 is 9.15 Å². The van der Waals surface area contributed by atoms with Gasteiger partial charge in [0, 0.05) is 24.6 Å². The summed E-state index contributed by atoms with van der Waals surface area (Å²) in [5.41, 5.74) is 3.70. The molecule has 3 aromatic heterocycles. The minimum absolute atomic E-state index is 0.294. The number of para-hydroxylation sites is 1. The number of aromatic nitrogens is 6. The van der Waals surface area contributed by atoms with E-state index in [1.165, 1.54) is 11.0 Å². The zero-order valence-corrected chi connectivity index (χ0v) is 18.8. The molecule has 10 heteroatoms. The summed E-state index contributed by atoms with van der Waals surface area (Å²) in [7, 11) is 0. The number of rotatable bonds is 8. The van der Waals surface area contributed by atoms with E-state index >= 15 is 0 Å². The molecule has 0 saturated heterocycles. The van der Waals surface area contributed by atoms with E-state index in [-0.39, 0.29) is 5.69 Å². The van der Waals surface area contributed by atoms with E-state index in [2.05, 4.69) is 20.2 Å². The van der Waals surface area contributed by atoms with Crippen LogP contribution in [0.5, 0.6) is 0 Å². The molecule has 0 saturated carbocycles. The second kappa shape index (κ2) is 9.20. The maximum Gasteiger partial charge on any atom is 0.347 e. The van der Waals surface area contributed by atoms with Crippen LogP contribution in [-0.2, 0) is 4.74 Å². The highest BCUT2D eigenvalue weighted by molar-refractivity contribution is 5.67. The lowest BCUT2D eigenvalue weighted by molar-refractivity contribution is 0.151. The van der Waals surface area contributed by atoms with E-state index < -0.39 is 0 Å². The molecule has 172 valence electrons. The molecule has 0 radical (unpaired) electrons. The first-order chi connectivity index (χ1) is 16.6. The van der Waals surface area contributed by atoms with Gasteiger partial charge in [-0.2, -0.15) is 14.9 Å². The molecule has 1 N–H and O–H groups in total. The fourth-order valence-electron chi connectivity index (χ4n) is 3.65. The molecule has 0 bridgehead atoms. The predicted octanol–water partition coefficient (Wildman–Crippen LogP) is 3.84. The first-order valence-corrected chi connectivity index (χ1v) is 10.8. The van der Waals surface area contributed by atoms with E-state index in [0.29, 0.717) is 30.8 Å². The van der Waals surface area contributed by atoms with Gasteiger partial charge in [-0.05, 0) is 49.7 Å². The van der Waals surface area contributed by atoms with Gasteiger partial charge in [-0.3, -0.25) is 9.88 Å². The molecule has 5 aromatic rings. The van der Waals surface area contributed by atoms with Crippen molar-refractivity contribution in [1.82, 2.24) is 29.5 Å². The molecule has 0 spiro atoms. The summed E-state index contributed by atoms with van der Waals surface area (Å²) in [4.78, 5) is 21.2. The van der Waals surface area contributed by atoms with Crippen molar-refractivity contribution in [2.24, 2.45) is 0 Å². The third-order valence-electron chi connectivity index (χ3n) is 5.31. The number of aryl methyl sites for hydroxylation is 1. The minimum atomic E-state index is -0.343. The Bertz CT molecular complexity index is 1450. The van der Waals surface area contributed by atoms with Crippen LogP contribution in [0.2, 0.25) is 0 Å². The highest BCUT2D eigenvalue weighted by Gasteiger charge is 2.19. The molecule has 3 heterocycles. The van der Waals surface area contributed by atoms with Crippen LogP contribution in [0.3, 0.4) is 0 Å². The highest BCUT2D eigenvalue weighted by atomic mass is 16.5. The van der Waals surface area contributed by atoms with E-state index in [1.807, 2.05) is 73.5 Å². The number of nitrogens with zero attached hydrogens (tertiary/aromatic N) is 6. The van der Waals surface area contributed by atoms with Crippen LogP contribution in [0.25, 0.3) is 22.7 Å². The first kappa shape index (κ1) is 21.4. The maximum atomic E-state index is 12.2. The Labute approximate surface area is 195 Å². The Hall–Kier alpha value is -4.44. The normalized spacial score (nSPS) is 11.1. The van der Waals surface area contributed by atoms with Crippen LogP contribution in [0, 0.1) is 6.92 Å². The average Bonchev–Trinajstić information content (AvgIpc) is 3.62. The van der Waals surface area contributed by atoms with Gasteiger partial charge in [0.15, 0.2) is 5.76 Å². The smallest absolute Gasteiger partial charge is 0.347 e. The molecule has 5 rings (SSSR count). The van der Waals surface area contributed by atoms with E-state index in [1.54, 1.807) is 17.1 Å². The molecule has 0 atom stereocenters. The quantitative estimate of drug-likeness (QED) is 0.353. The molecule has 0 amide bonds. The molecular weight excluding hydrogens is 434 g/mol. The summed E-state index contributed by atoms with van der Waals surface area (Å²) < 4.78 is 14.9.